The van der Waals surface area contributed by atoms with Crippen molar-refractivity contribution in [3.8, 4) is 0 Å². The monoisotopic (exact) mass is 299 g/mol. The van der Waals surface area contributed by atoms with E-state index in [4.69, 9.17) is 0 Å². The summed E-state index contributed by atoms with van der Waals surface area (Å²) in [6, 6.07) is 5.56. The van der Waals surface area contributed by atoms with Gasteiger partial charge in [-0.25, -0.2) is 8.42 Å². The van der Waals surface area contributed by atoms with Gasteiger partial charge in [0.15, 0.2) is 0 Å². The molecule has 0 aliphatic heterocycles. The molecule has 0 spiro atoms. The minimum Gasteiger partial charge on any atom is -0.377 e. The number of hydrogen-bond acceptors (Lipinski definition) is 4. The summed E-state index contributed by atoms with van der Waals surface area (Å²) in [6.07, 6.45) is 0.998. The van der Waals surface area contributed by atoms with Crippen molar-refractivity contribution in [3.63, 3.8) is 0 Å². The molecule has 6 heteroatoms. The standard InChI is InChI=1S/C14H25N3O2S/c1-5-8-15-9-10-20(18,19)16-13-7-6-12(2)14(11-13)17(3)4/h6-7,11,15-16H,5,8-10H2,1-4H3. The molecule has 0 aliphatic rings. The molecular weight excluding hydrogens is 274 g/mol. The van der Waals surface area contributed by atoms with Crippen LogP contribution in [0, 0.1) is 6.92 Å². The molecule has 0 atom stereocenters. The van der Waals surface area contributed by atoms with Crippen molar-refractivity contribution in [2.75, 3.05) is 42.6 Å². The lowest BCUT2D eigenvalue weighted by Gasteiger charge is -2.17. The lowest BCUT2D eigenvalue weighted by atomic mass is 10.2. The number of benzene rings is 1. The van der Waals surface area contributed by atoms with Crippen LogP contribution in [0.3, 0.4) is 0 Å². The number of sulfonamides is 1. The normalized spacial score (nSPS) is 11.4. The van der Waals surface area contributed by atoms with Gasteiger partial charge < -0.3 is 10.2 Å². The number of aryl methyl sites for hydroxylation is 1. The van der Waals surface area contributed by atoms with Crippen LogP contribution in [0.25, 0.3) is 0 Å². The molecule has 5 nitrogen and oxygen atoms in total. The highest BCUT2D eigenvalue weighted by molar-refractivity contribution is 7.92. The molecule has 0 aromatic heterocycles. The van der Waals surface area contributed by atoms with E-state index in [1.807, 2.05) is 38.1 Å². The fraction of sp³-hybridized carbons (Fsp3) is 0.571. The van der Waals surface area contributed by atoms with Gasteiger partial charge in [0.25, 0.3) is 0 Å². The van der Waals surface area contributed by atoms with Crippen molar-refractivity contribution in [2.24, 2.45) is 0 Å². The Hall–Kier alpha value is -1.27. The molecule has 20 heavy (non-hydrogen) atoms. The molecule has 1 aromatic carbocycles. The van der Waals surface area contributed by atoms with Crippen molar-refractivity contribution < 1.29 is 8.42 Å². The molecular formula is C14H25N3O2S. The van der Waals surface area contributed by atoms with E-state index >= 15 is 0 Å². The van der Waals surface area contributed by atoms with Gasteiger partial charge in [-0.05, 0) is 37.6 Å². The summed E-state index contributed by atoms with van der Waals surface area (Å²) in [7, 11) is 0.578. The zero-order valence-electron chi connectivity index (χ0n) is 12.7. The fourth-order valence-corrected chi connectivity index (χ4v) is 2.89. The maximum absolute atomic E-state index is 12.0. The third-order valence-corrected chi connectivity index (χ3v) is 4.23. The second-order valence-corrected chi connectivity index (χ2v) is 6.91. The molecule has 0 saturated carbocycles. The summed E-state index contributed by atoms with van der Waals surface area (Å²) >= 11 is 0. The van der Waals surface area contributed by atoms with Crippen molar-refractivity contribution in [1.82, 2.24) is 5.32 Å². The summed E-state index contributed by atoms with van der Waals surface area (Å²) in [5.41, 5.74) is 2.73. The first kappa shape index (κ1) is 16.8. The van der Waals surface area contributed by atoms with Crippen LogP contribution in [0.5, 0.6) is 0 Å². The van der Waals surface area contributed by atoms with E-state index in [0.717, 1.165) is 24.2 Å². The molecule has 0 saturated heterocycles. The second-order valence-electron chi connectivity index (χ2n) is 5.07. The van der Waals surface area contributed by atoms with Gasteiger partial charge in [-0.2, -0.15) is 0 Å². The van der Waals surface area contributed by atoms with Crippen LogP contribution < -0.4 is 14.9 Å². The highest BCUT2D eigenvalue weighted by atomic mass is 32.2. The van der Waals surface area contributed by atoms with E-state index in [2.05, 4.69) is 17.0 Å². The van der Waals surface area contributed by atoms with Gasteiger partial charge in [0.2, 0.25) is 10.0 Å². The Bertz CT molecular complexity index is 527. The van der Waals surface area contributed by atoms with Gasteiger partial charge in [-0.3, -0.25) is 4.72 Å². The molecule has 0 unspecified atom stereocenters. The molecule has 0 fully saturated rings. The maximum atomic E-state index is 12.0. The Morgan fingerprint density at radius 2 is 1.90 bits per heavy atom. The largest absolute Gasteiger partial charge is 0.377 e. The highest BCUT2D eigenvalue weighted by Gasteiger charge is 2.11. The summed E-state index contributed by atoms with van der Waals surface area (Å²) in [6.45, 7) is 5.36. The topological polar surface area (TPSA) is 61.4 Å². The van der Waals surface area contributed by atoms with Gasteiger partial charge >= 0.3 is 0 Å². The fourth-order valence-electron chi connectivity index (χ4n) is 1.89. The zero-order valence-corrected chi connectivity index (χ0v) is 13.5. The van der Waals surface area contributed by atoms with E-state index in [1.165, 1.54) is 0 Å². The van der Waals surface area contributed by atoms with E-state index < -0.39 is 10.0 Å². The van der Waals surface area contributed by atoms with Crippen LogP contribution in [-0.2, 0) is 10.0 Å². The molecule has 0 aliphatic carbocycles. The quantitative estimate of drug-likeness (QED) is 0.719. The second kappa shape index (κ2) is 7.50. The van der Waals surface area contributed by atoms with Crippen molar-refractivity contribution in [1.29, 1.82) is 0 Å². The first-order valence-corrected chi connectivity index (χ1v) is 8.50. The Balaban J connectivity index is 2.70. The summed E-state index contributed by atoms with van der Waals surface area (Å²) in [5, 5.41) is 3.09. The average molecular weight is 299 g/mol. The Morgan fingerprint density at radius 3 is 2.50 bits per heavy atom. The molecule has 0 radical (unpaired) electrons. The number of hydrogen-bond donors (Lipinski definition) is 2. The van der Waals surface area contributed by atoms with E-state index in [-0.39, 0.29) is 5.75 Å². The zero-order chi connectivity index (χ0) is 15.2. The Kier molecular flexibility index (Phi) is 6.29. The first-order valence-electron chi connectivity index (χ1n) is 6.85. The smallest absolute Gasteiger partial charge is 0.233 e. The average Bonchev–Trinajstić information content (AvgIpc) is 2.36. The van der Waals surface area contributed by atoms with Crippen LogP contribution in [0.1, 0.15) is 18.9 Å². The van der Waals surface area contributed by atoms with Gasteiger partial charge in [-0.15, -0.1) is 0 Å². The lowest BCUT2D eigenvalue weighted by molar-refractivity contribution is 0.595. The van der Waals surface area contributed by atoms with Crippen LogP contribution in [-0.4, -0.2) is 41.4 Å². The summed E-state index contributed by atoms with van der Waals surface area (Å²) < 4.78 is 26.6. The van der Waals surface area contributed by atoms with Crippen LogP contribution in [0.2, 0.25) is 0 Å². The SMILES string of the molecule is CCCNCCS(=O)(=O)Nc1ccc(C)c(N(C)C)c1. The Morgan fingerprint density at radius 1 is 1.20 bits per heavy atom. The third kappa shape index (κ3) is 5.38. The Labute approximate surface area is 122 Å². The predicted octanol–water partition coefficient (Wildman–Crippen LogP) is 1.80. The van der Waals surface area contributed by atoms with E-state index in [9.17, 15) is 8.42 Å². The van der Waals surface area contributed by atoms with Crippen molar-refractivity contribution in [2.45, 2.75) is 20.3 Å². The van der Waals surface area contributed by atoms with Gasteiger partial charge in [0.1, 0.15) is 0 Å². The molecule has 0 amide bonds. The minimum atomic E-state index is -3.30. The van der Waals surface area contributed by atoms with E-state index in [1.54, 1.807) is 6.07 Å². The van der Waals surface area contributed by atoms with Gasteiger partial charge in [0, 0.05) is 26.3 Å². The molecule has 2 N–H and O–H groups in total. The number of nitrogens with zero attached hydrogens (tertiary/aromatic N) is 1. The summed E-state index contributed by atoms with van der Waals surface area (Å²) in [4.78, 5) is 1.97. The predicted molar refractivity (Wildman–Crippen MR) is 86.1 cm³/mol. The first-order chi connectivity index (χ1) is 9.35. The highest BCUT2D eigenvalue weighted by Crippen LogP contribution is 2.23. The van der Waals surface area contributed by atoms with Crippen LogP contribution >= 0.6 is 0 Å². The number of anilines is 2. The van der Waals surface area contributed by atoms with Gasteiger partial charge in [-0.1, -0.05) is 13.0 Å². The van der Waals surface area contributed by atoms with Crippen LogP contribution in [0.4, 0.5) is 11.4 Å². The minimum absolute atomic E-state index is 0.0815. The van der Waals surface area contributed by atoms with Crippen molar-refractivity contribution in [3.05, 3.63) is 23.8 Å². The molecule has 114 valence electrons. The molecule has 0 heterocycles. The lowest BCUT2D eigenvalue weighted by Crippen LogP contribution is -2.27. The molecule has 1 aromatic rings. The number of rotatable bonds is 8. The molecule has 0 bridgehead atoms. The number of nitrogens with one attached hydrogen (secondary N) is 2. The van der Waals surface area contributed by atoms with Crippen LogP contribution in [0.15, 0.2) is 18.2 Å². The van der Waals surface area contributed by atoms with E-state index in [0.29, 0.717) is 12.2 Å². The maximum Gasteiger partial charge on any atom is 0.233 e. The summed E-state index contributed by atoms with van der Waals surface area (Å²) in [5.74, 6) is 0.0815. The van der Waals surface area contributed by atoms with Crippen molar-refractivity contribution >= 4 is 21.4 Å². The third-order valence-electron chi connectivity index (χ3n) is 2.94. The molecule has 1 rings (SSSR count). The van der Waals surface area contributed by atoms with Gasteiger partial charge in [0.05, 0.1) is 11.4 Å².